The first-order valence-corrected chi connectivity index (χ1v) is 10.0. The van der Waals surface area contributed by atoms with Crippen LogP contribution in [0.3, 0.4) is 0 Å². The molecule has 0 spiro atoms. The Morgan fingerprint density at radius 3 is 2.13 bits per heavy atom. The summed E-state index contributed by atoms with van der Waals surface area (Å²) in [6, 6.07) is 0. The highest BCUT2D eigenvalue weighted by atomic mass is 16.4. The first kappa shape index (κ1) is 22.2. The maximum Gasteiger partial charge on any atom is 0.303 e. The molecule has 0 fully saturated rings. The van der Waals surface area contributed by atoms with Crippen molar-refractivity contribution < 1.29 is 9.90 Å². The maximum absolute atomic E-state index is 10.4. The van der Waals surface area contributed by atoms with Gasteiger partial charge in [-0.1, -0.05) is 90.2 Å². The molecule has 0 aliphatic heterocycles. The SMILES string of the molecule is CCCCCCC(C)C/C=C/CCCCCCCCCC(=O)O. The van der Waals surface area contributed by atoms with Gasteiger partial charge in [-0.05, 0) is 31.6 Å². The van der Waals surface area contributed by atoms with Gasteiger partial charge in [-0.2, -0.15) is 0 Å². The summed E-state index contributed by atoms with van der Waals surface area (Å²) in [7, 11) is 0. The molecule has 1 N–H and O–H groups in total. The largest absolute Gasteiger partial charge is 0.481 e. The monoisotopic (exact) mass is 324 g/mol. The maximum atomic E-state index is 10.4. The molecule has 0 saturated carbocycles. The van der Waals surface area contributed by atoms with Gasteiger partial charge in [-0.15, -0.1) is 0 Å². The fourth-order valence-corrected chi connectivity index (χ4v) is 2.91. The normalized spacial score (nSPS) is 12.8. The molecule has 0 rings (SSSR count). The Hall–Kier alpha value is -0.790. The summed E-state index contributed by atoms with van der Waals surface area (Å²) in [4.78, 5) is 10.4. The van der Waals surface area contributed by atoms with Crippen LogP contribution >= 0.6 is 0 Å². The molecule has 0 bridgehead atoms. The molecular formula is C21H40O2. The number of allylic oxidation sites excluding steroid dienone is 2. The van der Waals surface area contributed by atoms with E-state index in [0.29, 0.717) is 6.42 Å². The first-order valence-electron chi connectivity index (χ1n) is 10.0. The molecule has 0 aliphatic carbocycles. The number of unbranched alkanes of at least 4 members (excludes halogenated alkanes) is 10. The molecule has 0 radical (unpaired) electrons. The summed E-state index contributed by atoms with van der Waals surface area (Å²) in [6.45, 7) is 4.65. The Bertz CT molecular complexity index is 284. The van der Waals surface area contributed by atoms with Crippen LogP contribution in [0.2, 0.25) is 0 Å². The van der Waals surface area contributed by atoms with Crippen molar-refractivity contribution in [3.8, 4) is 0 Å². The van der Waals surface area contributed by atoms with Gasteiger partial charge in [0.1, 0.15) is 0 Å². The number of carbonyl (C=O) groups is 1. The third-order valence-corrected chi connectivity index (χ3v) is 4.52. The summed E-state index contributed by atoms with van der Waals surface area (Å²) in [6.07, 6.45) is 22.8. The molecule has 2 heteroatoms. The van der Waals surface area contributed by atoms with E-state index in [9.17, 15) is 4.79 Å². The molecule has 0 amide bonds. The molecule has 0 saturated heterocycles. The van der Waals surface area contributed by atoms with Gasteiger partial charge in [0.2, 0.25) is 0 Å². The van der Waals surface area contributed by atoms with Crippen molar-refractivity contribution >= 4 is 5.97 Å². The molecule has 1 atom stereocenters. The average Bonchev–Trinajstić information content (AvgIpc) is 2.52. The number of hydrogen-bond donors (Lipinski definition) is 1. The summed E-state index contributed by atoms with van der Waals surface area (Å²) in [5.74, 6) is 0.181. The van der Waals surface area contributed by atoms with Crippen LogP contribution in [-0.4, -0.2) is 11.1 Å². The lowest BCUT2D eigenvalue weighted by Gasteiger charge is -2.07. The Morgan fingerprint density at radius 1 is 0.870 bits per heavy atom. The summed E-state index contributed by atoms with van der Waals surface area (Å²) < 4.78 is 0. The van der Waals surface area contributed by atoms with Crippen LogP contribution in [0.1, 0.15) is 110 Å². The minimum absolute atomic E-state index is 0.335. The predicted molar refractivity (Wildman–Crippen MR) is 101 cm³/mol. The van der Waals surface area contributed by atoms with Gasteiger partial charge in [0.25, 0.3) is 0 Å². The van der Waals surface area contributed by atoms with Crippen LogP contribution in [0.15, 0.2) is 12.2 Å². The van der Waals surface area contributed by atoms with Crippen LogP contribution in [0.5, 0.6) is 0 Å². The van der Waals surface area contributed by atoms with E-state index in [0.717, 1.165) is 18.8 Å². The fraction of sp³-hybridized carbons (Fsp3) is 0.857. The standard InChI is InChI=1S/C21H40O2/c1-3-4-5-14-17-20(2)18-15-12-10-8-6-7-9-11-13-16-19-21(22)23/h12,15,20H,3-11,13-14,16-19H2,1-2H3,(H,22,23)/b15-12+. The summed E-state index contributed by atoms with van der Waals surface area (Å²) in [5.41, 5.74) is 0. The number of hydrogen-bond acceptors (Lipinski definition) is 1. The van der Waals surface area contributed by atoms with E-state index in [1.165, 1.54) is 77.0 Å². The van der Waals surface area contributed by atoms with Gasteiger partial charge in [-0.3, -0.25) is 4.79 Å². The highest BCUT2D eigenvalue weighted by molar-refractivity contribution is 5.66. The van der Waals surface area contributed by atoms with Gasteiger partial charge in [-0.25, -0.2) is 0 Å². The second-order valence-electron chi connectivity index (χ2n) is 7.07. The van der Waals surface area contributed by atoms with E-state index in [2.05, 4.69) is 26.0 Å². The second-order valence-corrected chi connectivity index (χ2v) is 7.07. The van der Waals surface area contributed by atoms with E-state index < -0.39 is 5.97 Å². The Balaban J connectivity index is 3.23. The van der Waals surface area contributed by atoms with Gasteiger partial charge in [0.15, 0.2) is 0 Å². The molecule has 1 unspecified atom stereocenters. The van der Waals surface area contributed by atoms with E-state index in [1.807, 2.05) is 0 Å². The molecule has 136 valence electrons. The highest BCUT2D eigenvalue weighted by Gasteiger charge is 1.99. The highest BCUT2D eigenvalue weighted by Crippen LogP contribution is 2.15. The van der Waals surface area contributed by atoms with Gasteiger partial charge in [0, 0.05) is 6.42 Å². The fourth-order valence-electron chi connectivity index (χ4n) is 2.91. The van der Waals surface area contributed by atoms with Crippen LogP contribution in [-0.2, 0) is 4.79 Å². The van der Waals surface area contributed by atoms with Crippen LogP contribution in [0, 0.1) is 5.92 Å². The average molecular weight is 325 g/mol. The van der Waals surface area contributed by atoms with Crippen molar-refractivity contribution in [2.75, 3.05) is 0 Å². The van der Waals surface area contributed by atoms with Crippen molar-refractivity contribution in [1.29, 1.82) is 0 Å². The van der Waals surface area contributed by atoms with Crippen molar-refractivity contribution in [2.45, 2.75) is 110 Å². The zero-order valence-electron chi connectivity index (χ0n) is 15.7. The molecule has 0 heterocycles. The Labute approximate surface area is 144 Å². The molecule has 0 aromatic carbocycles. The van der Waals surface area contributed by atoms with Crippen molar-refractivity contribution in [1.82, 2.24) is 0 Å². The molecule has 23 heavy (non-hydrogen) atoms. The van der Waals surface area contributed by atoms with E-state index in [-0.39, 0.29) is 0 Å². The van der Waals surface area contributed by atoms with Crippen LogP contribution in [0.4, 0.5) is 0 Å². The molecule has 0 aromatic rings. The second kappa shape index (κ2) is 17.6. The smallest absolute Gasteiger partial charge is 0.303 e. The number of rotatable bonds is 17. The molecule has 0 aliphatic rings. The Morgan fingerprint density at radius 2 is 1.48 bits per heavy atom. The van der Waals surface area contributed by atoms with E-state index in [1.54, 1.807) is 0 Å². The van der Waals surface area contributed by atoms with E-state index >= 15 is 0 Å². The molecular weight excluding hydrogens is 284 g/mol. The lowest BCUT2D eigenvalue weighted by molar-refractivity contribution is -0.137. The lowest BCUT2D eigenvalue weighted by atomic mass is 9.99. The van der Waals surface area contributed by atoms with Crippen molar-refractivity contribution in [2.24, 2.45) is 5.92 Å². The van der Waals surface area contributed by atoms with Crippen molar-refractivity contribution in [3.63, 3.8) is 0 Å². The third-order valence-electron chi connectivity index (χ3n) is 4.52. The van der Waals surface area contributed by atoms with Gasteiger partial charge >= 0.3 is 5.97 Å². The van der Waals surface area contributed by atoms with Crippen molar-refractivity contribution in [3.05, 3.63) is 12.2 Å². The van der Waals surface area contributed by atoms with Gasteiger partial charge in [0.05, 0.1) is 0 Å². The first-order chi connectivity index (χ1) is 11.2. The van der Waals surface area contributed by atoms with Crippen LogP contribution in [0.25, 0.3) is 0 Å². The predicted octanol–water partition coefficient (Wildman–Crippen LogP) is 7.13. The third kappa shape index (κ3) is 19.2. The zero-order valence-corrected chi connectivity index (χ0v) is 15.7. The zero-order chi connectivity index (χ0) is 17.2. The van der Waals surface area contributed by atoms with E-state index in [4.69, 9.17) is 5.11 Å². The minimum atomic E-state index is -0.660. The summed E-state index contributed by atoms with van der Waals surface area (Å²) >= 11 is 0. The number of carboxylic acids is 1. The number of carboxylic acid groups (broad SMARTS) is 1. The summed E-state index contributed by atoms with van der Waals surface area (Å²) in [5, 5.41) is 8.55. The molecule has 2 nitrogen and oxygen atoms in total. The van der Waals surface area contributed by atoms with Gasteiger partial charge < -0.3 is 5.11 Å². The lowest BCUT2D eigenvalue weighted by Crippen LogP contribution is -1.93. The molecule has 0 aromatic heterocycles. The minimum Gasteiger partial charge on any atom is -0.481 e. The topological polar surface area (TPSA) is 37.3 Å². The Kier molecular flexibility index (Phi) is 17.0. The number of aliphatic carboxylic acids is 1. The quantitative estimate of drug-likeness (QED) is 0.228. The van der Waals surface area contributed by atoms with Crippen LogP contribution < -0.4 is 0 Å².